The van der Waals surface area contributed by atoms with Gasteiger partial charge in [0.05, 0.1) is 0 Å². The lowest BCUT2D eigenvalue weighted by atomic mass is 10.1. The molecule has 2 aromatic carbocycles. The number of hydrogen-bond donors (Lipinski definition) is 2. The number of nitrogens with one attached hydrogen (secondary N) is 2. The second kappa shape index (κ2) is 7.41. The smallest absolute Gasteiger partial charge is 0.251 e. The van der Waals surface area contributed by atoms with Crippen molar-refractivity contribution in [3.8, 4) is 0 Å². The Labute approximate surface area is 130 Å². The first-order valence-electron chi connectivity index (χ1n) is 7.26. The number of carbonyl (C=O) groups is 2. The lowest BCUT2D eigenvalue weighted by Gasteiger charge is -2.10. The minimum absolute atomic E-state index is 0.0546. The maximum absolute atomic E-state index is 12.1. The molecule has 0 bridgehead atoms. The molecule has 0 aromatic heterocycles. The number of benzene rings is 2. The molecule has 2 aromatic rings. The first-order valence-corrected chi connectivity index (χ1v) is 7.26. The molecule has 0 saturated carbocycles. The van der Waals surface area contributed by atoms with Gasteiger partial charge in [-0.25, -0.2) is 0 Å². The number of hydrogen-bond acceptors (Lipinski definition) is 2. The van der Waals surface area contributed by atoms with E-state index in [1.54, 1.807) is 19.2 Å². The van der Waals surface area contributed by atoms with Crippen LogP contribution in [0.25, 0.3) is 0 Å². The maximum atomic E-state index is 12.1. The molecule has 0 fully saturated rings. The van der Waals surface area contributed by atoms with Crippen LogP contribution in [0.2, 0.25) is 0 Å². The summed E-state index contributed by atoms with van der Waals surface area (Å²) in [5.74, 6) is -0.221. The first kappa shape index (κ1) is 15.8. The molecular weight excluding hydrogens is 276 g/mol. The van der Waals surface area contributed by atoms with E-state index < -0.39 is 0 Å². The highest BCUT2D eigenvalue weighted by molar-refractivity contribution is 5.97. The summed E-state index contributed by atoms with van der Waals surface area (Å²) in [6.45, 7) is 1.90. The van der Waals surface area contributed by atoms with E-state index in [0.29, 0.717) is 24.1 Å². The molecule has 0 spiro atoms. The van der Waals surface area contributed by atoms with Gasteiger partial charge in [-0.05, 0) is 36.6 Å². The van der Waals surface area contributed by atoms with E-state index in [9.17, 15) is 9.59 Å². The van der Waals surface area contributed by atoms with Crippen molar-refractivity contribution in [3.05, 3.63) is 65.2 Å². The van der Waals surface area contributed by atoms with Crippen LogP contribution in [0.3, 0.4) is 0 Å². The van der Waals surface area contributed by atoms with Crippen molar-refractivity contribution in [2.75, 3.05) is 12.4 Å². The maximum Gasteiger partial charge on any atom is 0.251 e. The van der Waals surface area contributed by atoms with Crippen molar-refractivity contribution in [1.29, 1.82) is 0 Å². The highest BCUT2D eigenvalue weighted by Gasteiger charge is 2.09. The van der Waals surface area contributed by atoms with Gasteiger partial charge in [-0.2, -0.15) is 0 Å². The van der Waals surface area contributed by atoms with Gasteiger partial charge in [-0.1, -0.05) is 36.4 Å². The molecule has 0 heterocycles. The number of carbonyl (C=O) groups excluding carboxylic acids is 2. The zero-order valence-electron chi connectivity index (χ0n) is 12.8. The summed E-state index contributed by atoms with van der Waals surface area (Å²) >= 11 is 0. The average molecular weight is 296 g/mol. The van der Waals surface area contributed by atoms with Crippen LogP contribution in [0.1, 0.15) is 27.9 Å². The van der Waals surface area contributed by atoms with Crippen molar-refractivity contribution >= 4 is 17.5 Å². The normalized spacial score (nSPS) is 10.1. The van der Waals surface area contributed by atoms with Crippen molar-refractivity contribution < 1.29 is 9.59 Å². The van der Waals surface area contributed by atoms with E-state index in [4.69, 9.17) is 0 Å². The summed E-state index contributed by atoms with van der Waals surface area (Å²) < 4.78 is 0. The summed E-state index contributed by atoms with van der Waals surface area (Å²) in [6, 6.07) is 15.2. The first-order chi connectivity index (χ1) is 10.6. The van der Waals surface area contributed by atoms with Crippen molar-refractivity contribution in [3.63, 3.8) is 0 Å². The predicted octanol–water partition coefficient (Wildman–Crippen LogP) is 2.93. The highest BCUT2D eigenvalue weighted by atomic mass is 16.2. The Hall–Kier alpha value is -2.62. The largest absolute Gasteiger partial charge is 0.355 e. The molecule has 0 aliphatic heterocycles. The molecule has 0 unspecified atom stereocenters. The lowest BCUT2D eigenvalue weighted by molar-refractivity contribution is -0.116. The van der Waals surface area contributed by atoms with Crippen LogP contribution in [-0.4, -0.2) is 18.9 Å². The Morgan fingerprint density at radius 3 is 2.45 bits per heavy atom. The fourth-order valence-electron chi connectivity index (χ4n) is 2.16. The van der Waals surface area contributed by atoms with Gasteiger partial charge in [0.2, 0.25) is 5.91 Å². The summed E-state index contributed by atoms with van der Waals surface area (Å²) in [5.41, 5.74) is 3.28. The molecule has 2 amide bonds. The molecule has 0 radical (unpaired) electrons. The molecule has 114 valence electrons. The Kier molecular flexibility index (Phi) is 5.31. The van der Waals surface area contributed by atoms with Crippen LogP contribution in [0.5, 0.6) is 0 Å². The summed E-state index contributed by atoms with van der Waals surface area (Å²) in [7, 11) is 1.58. The number of aryl methyl sites for hydroxylation is 2. The molecule has 4 heteroatoms. The fourth-order valence-corrected chi connectivity index (χ4v) is 2.16. The molecule has 2 N–H and O–H groups in total. The molecule has 0 aliphatic carbocycles. The third-order valence-electron chi connectivity index (χ3n) is 3.48. The quantitative estimate of drug-likeness (QED) is 0.891. The van der Waals surface area contributed by atoms with E-state index in [1.807, 2.05) is 43.3 Å². The molecule has 2 rings (SSSR count). The molecule has 22 heavy (non-hydrogen) atoms. The Bertz CT molecular complexity index is 666. The molecule has 4 nitrogen and oxygen atoms in total. The van der Waals surface area contributed by atoms with Crippen LogP contribution in [-0.2, 0) is 11.2 Å². The van der Waals surface area contributed by atoms with E-state index >= 15 is 0 Å². The van der Waals surface area contributed by atoms with Crippen molar-refractivity contribution in [2.45, 2.75) is 19.8 Å². The van der Waals surface area contributed by atoms with E-state index in [1.165, 1.54) is 0 Å². The third-order valence-corrected chi connectivity index (χ3v) is 3.48. The third kappa shape index (κ3) is 4.19. The summed E-state index contributed by atoms with van der Waals surface area (Å²) in [6.07, 6.45) is 1.11. The SMILES string of the molecule is CNC(=O)c1ccc(C)c(NC(=O)CCc2ccccc2)c1. The number of amides is 2. The minimum atomic E-state index is -0.167. The molecule has 0 saturated heterocycles. The van der Waals surface area contributed by atoms with Crippen LogP contribution in [0.15, 0.2) is 48.5 Å². The topological polar surface area (TPSA) is 58.2 Å². The number of anilines is 1. The lowest BCUT2D eigenvalue weighted by Crippen LogP contribution is -2.19. The minimum Gasteiger partial charge on any atom is -0.355 e. The van der Waals surface area contributed by atoms with Gasteiger partial charge >= 0.3 is 0 Å². The van der Waals surface area contributed by atoms with Crippen molar-refractivity contribution in [1.82, 2.24) is 5.32 Å². The van der Waals surface area contributed by atoms with Gasteiger partial charge in [0.1, 0.15) is 0 Å². The summed E-state index contributed by atoms with van der Waals surface area (Å²) in [4.78, 5) is 23.7. The van der Waals surface area contributed by atoms with Crippen LogP contribution in [0.4, 0.5) is 5.69 Å². The monoisotopic (exact) mass is 296 g/mol. The van der Waals surface area contributed by atoms with E-state index in [2.05, 4.69) is 10.6 Å². The van der Waals surface area contributed by atoms with Gasteiger partial charge in [-0.15, -0.1) is 0 Å². The van der Waals surface area contributed by atoms with Gasteiger partial charge in [0.15, 0.2) is 0 Å². The second-order valence-electron chi connectivity index (χ2n) is 5.14. The van der Waals surface area contributed by atoms with Gasteiger partial charge in [-0.3, -0.25) is 9.59 Å². The zero-order valence-corrected chi connectivity index (χ0v) is 12.8. The number of rotatable bonds is 5. The van der Waals surface area contributed by atoms with Gasteiger partial charge in [0.25, 0.3) is 5.91 Å². The highest BCUT2D eigenvalue weighted by Crippen LogP contribution is 2.17. The van der Waals surface area contributed by atoms with Crippen LogP contribution < -0.4 is 10.6 Å². The molecule has 0 aliphatic rings. The van der Waals surface area contributed by atoms with E-state index in [0.717, 1.165) is 11.1 Å². The second-order valence-corrected chi connectivity index (χ2v) is 5.14. The standard InChI is InChI=1S/C18H20N2O2/c1-13-8-10-15(18(22)19-2)12-16(13)20-17(21)11-9-14-6-4-3-5-7-14/h3-8,10,12H,9,11H2,1-2H3,(H,19,22)(H,20,21). The average Bonchev–Trinajstić information content (AvgIpc) is 2.55. The predicted molar refractivity (Wildman–Crippen MR) is 88.0 cm³/mol. The van der Waals surface area contributed by atoms with Gasteiger partial charge in [0, 0.05) is 24.7 Å². The Morgan fingerprint density at radius 2 is 1.77 bits per heavy atom. The van der Waals surface area contributed by atoms with Crippen LogP contribution in [0, 0.1) is 6.92 Å². The fraction of sp³-hybridized carbons (Fsp3) is 0.222. The van der Waals surface area contributed by atoms with Crippen molar-refractivity contribution in [2.24, 2.45) is 0 Å². The molecular formula is C18H20N2O2. The summed E-state index contributed by atoms with van der Waals surface area (Å²) in [5, 5.41) is 5.46. The van der Waals surface area contributed by atoms with E-state index in [-0.39, 0.29) is 11.8 Å². The Morgan fingerprint density at radius 1 is 1.05 bits per heavy atom. The van der Waals surface area contributed by atoms with Crippen LogP contribution >= 0.6 is 0 Å². The molecule has 0 atom stereocenters. The van der Waals surface area contributed by atoms with Gasteiger partial charge < -0.3 is 10.6 Å². The Balaban J connectivity index is 2.00. The zero-order chi connectivity index (χ0) is 15.9.